The Morgan fingerprint density at radius 1 is 0.860 bits per heavy atom. The van der Waals surface area contributed by atoms with Crippen LogP contribution < -0.4 is 34.6 Å². The van der Waals surface area contributed by atoms with Gasteiger partial charge in [-0.3, -0.25) is 19.0 Å². The summed E-state index contributed by atoms with van der Waals surface area (Å²) >= 11 is 0. The number of aromatic nitrogens is 2. The Labute approximate surface area is 247 Å². The average Bonchev–Trinajstić information content (AvgIpc) is 3.37. The molecule has 1 N–H and O–H groups in total. The Morgan fingerprint density at radius 2 is 1.63 bits per heavy atom. The normalized spacial score (nSPS) is 12.1. The quantitative estimate of drug-likeness (QED) is 0.231. The number of fused-ring (bicyclic) bond motifs is 5. The molecule has 0 aliphatic heterocycles. The molecule has 1 atom stereocenters. The van der Waals surface area contributed by atoms with Crippen LogP contribution >= 0.6 is 0 Å². The maximum atomic E-state index is 13.9. The number of amides is 1. The number of carbonyl (C=O) groups excluding carboxylic acids is 1. The van der Waals surface area contributed by atoms with Crippen LogP contribution in [0.15, 0.2) is 65.6 Å². The number of hydrogen-bond acceptors (Lipinski definition) is 8. The first-order chi connectivity index (χ1) is 20.9. The molecular formula is C33H31N3O7. The Hall–Kier alpha value is -5.25. The zero-order chi connectivity index (χ0) is 30.2. The van der Waals surface area contributed by atoms with E-state index in [1.165, 1.54) is 14.2 Å². The van der Waals surface area contributed by atoms with Crippen molar-refractivity contribution >= 4 is 44.0 Å². The number of benzene rings is 3. The van der Waals surface area contributed by atoms with Crippen LogP contribution in [0.3, 0.4) is 0 Å². The van der Waals surface area contributed by atoms with E-state index in [0.29, 0.717) is 69.0 Å². The topological polar surface area (TPSA) is 110 Å². The fraction of sp³-hybridized carbons (Fsp3) is 0.242. The lowest BCUT2D eigenvalue weighted by Gasteiger charge is -2.15. The summed E-state index contributed by atoms with van der Waals surface area (Å²) in [4.78, 5) is 31.4. The first-order valence-corrected chi connectivity index (χ1v) is 13.8. The van der Waals surface area contributed by atoms with Gasteiger partial charge >= 0.3 is 0 Å². The summed E-state index contributed by atoms with van der Waals surface area (Å²) in [5.74, 6) is 2.40. The summed E-state index contributed by atoms with van der Waals surface area (Å²) in [6, 6.07) is 16.6. The summed E-state index contributed by atoms with van der Waals surface area (Å²) in [7, 11) is 6.23. The molecule has 0 unspecified atom stereocenters. The van der Waals surface area contributed by atoms with E-state index in [9.17, 15) is 9.59 Å². The molecule has 0 spiro atoms. The minimum atomic E-state index is -0.744. The Morgan fingerprint density at radius 3 is 2.37 bits per heavy atom. The van der Waals surface area contributed by atoms with E-state index in [1.54, 1.807) is 43.9 Å². The van der Waals surface area contributed by atoms with Crippen molar-refractivity contribution in [3.05, 3.63) is 76.7 Å². The molecule has 10 nitrogen and oxygen atoms in total. The van der Waals surface area contributed by atoms with Gasteiger partial charge in [-0.15, -0.1) is 0 Å². The summed E-state index contributed by atoms with van der Waals surface area (Å²) in [5.41, 5.74) is 2.85. The molecule has 220 valence electrons. The second-order valence-electron chi connectivity index (χ2n) is 10.1. The van der Waals surface area contributed by atoms with E-state index < -0.39 is 6.10 Å². The van der Waals surface area contributed by atoms with Crippen LogP contribution in [0, 0.1) is 0 Å². The molecule has 10 heteroatoms. The summed E-state index contributed by atoms with van der Waals surface area (Å²) in [6.45, 7) is 2.14. The number of rotatable bonds is 10. The van der Waals surface area contributed by atoms with E-state index in [4.69, 9.17) is 23.7 Å². The fourth-order valence-corrected chi connectivity index (χ4v) is 5.64. The van der Waals surface area contributed by atoms with Gasteiger partial charge in [-0.05, 0) is 67.4 Å². The number of pyridine rings is 2. The van der Waals surface area contributed by atoms with Crippen LogP contribution in [0.4, 0.5) is 0 Å². The lowest BCUT2D eigenvalue weighted by Crippen LogP contribution is -2.37. The minimum absolute atomic E-state index is 0.234. The van der Waals surface area contributed by atoms with Gasteiger partial charge in [0.1, 0.15) is 5.75 Å². The predicted octanol–water partition coefficient (Wildman–Crippen LogP) is 4.75. The SMILES string of the molecule is COc1ccc(CCNC(=O)[C@@H](C)Oc2ccc3c(c2)c2ccnc4c5ccc(OC)c(OC)c5c(=O)n3c24)cc1OC. The third-order valence-electron chi connectivity index (χ3n) is 7.71. The Bertz CT molecular complexity index is 2050. The van der Waals surface area contributed by atoms with Crippen molar-refractivity contribution in [3.63, 3.8) is 0 Å². The van der Waals surface area contributed by atoms with Crippen molar-refractivity contribution in [2.45, 2.75) is 19.4 Å². The molecule has 6 aromatic rings. The van der Waals surface area contributed by atoms with Gasteiger partial charge in [-0.25, -0.2) is 0 Å². The van der Waals surface area contributed by atoms with Crippen molar-refractivity contribution in [3.8, 4) is 28.7 Å². The highest BCUT2D eigenvalue weighted by molar-refractivity contribution is 6.19. The van der Waals surface area contributed by atoms with E-state index in [1.807, 2.05) is 42.5 Å². The number of nitrogens with zero attached hydrogens (tertiary/aromatic N) is 2. The van der Waals surface area contributed by atoms with Crippen LogP contribution in [-0.4, -0.2) is 56.4 Å². The van der Waals surface area contributed by atoms with Gasteiger partial charge in [0.2, 0.25) is 0 Å². The third-order valence-corrected chi connectivity index (χ3v) is 7.71. The van der Waals surface area contributed by atoms with Gasteiger partial charge in [-0.1, -0.05) is 6.07 Å². The highest BCUT2D eigenvalue weighted by Gasteiger charge is 2.23. The molecule has 3 aromatic heterocycles. The van der Waals surface area contributed by atoms with Gasteiger partial charge in [0.05, 0.1) is 50.4 Å². The van der Waals surface area contributed by atoms with E-state index in [2.05, 4.69) is 10.3 Å². The number of nitrogens with one attached hydrogen (secondary N) is 1. The molecule has 0 bridgehead atoms. The lowest BCUT2D eigenvalue weighted by molar-refractivity contribution is -0.127. The van der Waals surface area contributed by atoms with Crippen LogP contribution in [0.1, 0.15) is 12.5 Å². The lowest BCUT2D eigenvalue weighted by atomic mass is 10.1. The van der Waals surface area contributed by atoms with Crippen LogP contribution in [0.2, 0.25) is 0 Å². The molecule has 6 rings (SSSR count). The maximum Gasteiger partial charge on any atom is 0.267 e. The Balaban J connectivity index is 1.28. The zero-order valence-corrected chi connectivity index (χ0v) is 24.5. The summed E-state index contributed by atoms with van der Waals surface area (Å²) in [6.07, 6.45) is 1.60. The van der Waals surface area contributed by atoms with Crippen LogP contribution in [0.5, 0.6) is 28.7 Å². The van der Waals surface area contributed by atoms with Gasteiger partial charge < -0.3 is 29.0 Å². The van der Waals surface area contributed by atoms with E-state index in [-0.39, 0.29) is 11.5 Å². The predicted molar refractivity (Wildman–Crippen MR) is 165 cm³/mol. The number of hydrogen-bond donors (Lipinski definition) is 1. The second-order valence-corrected chi connectivity index (χ2v) is 10.1. The van der Waals surface area contributed by atoms with Crippen LogP contribution in [-0.2, 0) is 11.2 Å². The van der Waals surface area contributed by atoms with Crippen molar-refractivity contribution in [1.29, 1.82) is 0 Å². The van der Waals surface area contributed by atoms with Crippen molar-refractivity contribution in [1.82, 2.24) is 14.7 Å². The largest absolute Gasteiger partial charge is 0.493 e. The molecular weight excluding hydrogens is 550 g/mol. The minimum Gasteiger partial charge on any atom is -0.493 e. The molecule has 0 saturated heterocycles. The molecule has 1 amide bonds. The molecule has 3 heterocycles. The van der Waals surface area contributed by atoms with Gasteiger partial charge in [-0.2, -0.15) is 0 Å². The van der Waals surface area contributed by atoms with Gasteiger partial charge in [0.15, 0.2) is 29.1 Å². The van der Waals surface area contributed by atoms with Gasteiger partial charge in [0.25, 0.3) is 11.5 Å². The molecule has 0 radical (unpaired) electrons. The summed E-state index contributed by atoms with van der Waals surface area (Å²) < 4.78 is 29.4. The highest BCUT2D eigenvalue weighted by atomic mass is 16.5. The van der Waals surface area contributed by atoms with Crippen molar-refractivity contribution < 1.29 is 28.5 Å². The molecule has 0 aliphatic carbocycles. The molecule has 0 saturated carbocycles. The molecule has 43 heavy (non-hydrogen) atoms. The number of methoxy groups -OCH3 is 4. The number of carbonyl (C=O) groups is 1. The van der Waals surface area contributed by atoms with Gasteiger partial charge in [0, 0.05) is 28.9 Å². The zero-order valence-electron chi connectivity index (χ0n) is 24.5. The van der Waals surface area contributed by atoms with Crippen molar-refractivity contribution in [2.24, 2.45) is 0 Å². The van der Waals surface area contributed by atoms with Crippen LogP contribution in [0.25, 0.3) is 38.1 Å². The number of ether oxygens (including phenoxy) is 5. The average molecular weight is 582 g/mol. The van der Waals surface area contributed by atoms with Crippen molar-refractivity contribution in [2.75, 3.05) is 35.0 Å². The second kappa shape index (κ2) is 11.2. The first kappa shape index (κ1) is 27.9. The first-order valence-electron chi connectivity index (χ1n) is 13.8. The fourth-order valence-electron chi connectivity index (χ4n) is 5.64. The Kier molecular flexibility index (Phi) is 7.27. The van der Waals surface area contributed by atoms with E-state index >= 15 is 0 Å². The third kappa shape index (κ3) is 4.64. The van der Waals surface area contributed by atoms with E-state index in [0.717, 1.165) is 16.3 Å². The smallest absolute Gasteiger partial charge is 0.267 e. The highest BCUT2D eigenvalue weighted by Crippen LogP contribution is 2.39. The molecule has 0 aliphatic rings. The summed E-state index contributed by atoms with van der Waals surface area (Å²) in [5, 5.41) is 5.67. The standard InChI is InChI=1S/C33H31N3O7/c1-18(32(37)35-14-12-19-6-10-25(39-2)27(16-19)41-4)43-20-7-9-24-23(17-20)21-13-15-34-29-22-8-11-26(40-3)31(42-5)28(22)33(38)36(24)30(21)29/h6-11,13,15-18H,12,14H2,1-5H3,(H,35,37)/t18-/m1/s1. The monoisotopic (exact) mass is 581 g/mol. The molecule has 3 aromatic carbocycles. The molecule has 0 fully saturated rings. The maximum absolute atomic E-state index is 13.9.